The van der Waals surface area contributed by atoms with Crippen LogP contribution in [0.3, 0.4) is 0 Å². The first kappa shape index (κ1) is 21.8. The maximum absolute atomic E-state index is 12.7. The number of carbonyl (C=O) groups is 4. The number of hydrogen-bond acceptors (Lipinski definition) is 5. The zero-order chi connectivity index (χ0) is 21.7. The highest BCUT2D eigenvalue weighted by molar-refractivity contribution is 5.95. The zero-order valence-corrected chi connectivity index (χ0v) is 17.6. The molecule has 0 bridgehead atoms. The molecule has 8 heteroatoms. The third-order valence-corrected chi connectivity index (χ3v) is 5.58. The number of likely N-dealkylation sites (N-methyl/N-ethyl adjacent to an activating group) is 1. The number of nitrogens with one attached hydrogen (secondary N) is 1. The summed E-state index contributed by atoms with van der Waals surface area (Å²) >= 11 is 0. The Morgan fingerprint density at radius 1 is 1.10 bits per heavy atom. The molecule has 3 rings (SSSR count). The SMILES string of the molecule is Cc1ccccc1C(=O)N1CCC(C(=O)OCC(=O)N(C)CC(=O)NC2CC2)CC1. The van der Waals surface area contributed by atoms with Gasteiger partial charge in [-0.15, -0.1) is 0 Å². The van der Waals surface area contributed by atoms with Gasteiger partial charge in [0.25, 0.3) is 11.8 Å². The molecule has 1 aromatic carbocycles. The summed E-state index contributed by atoms with van der Waals surface area (Å²) in [4.78, 5) is 51.9. The van der Waals surface area contributed by atoms with Gasteiger partial charge in [-0.2, -0.15) is 0 Å². The predicted molar refractivity (Wildman–Crippen MR) is 110 cm³/mol. The summed E-state index contributed by atoms with van der Waals surface area (Å²) in [5, 5.41) is 2.81. The van der Waals surface area contributed by atoms with Gasteiger partial charge in [0.1, 0.15) is 0 Å². The van der Waals surface area contributed by atoms with Crippen molar-refractivity contribution in [2.24, 2.45) is 5.92 Å². The summed E-state index contributed by atoms with van der Waals surface area (Å²) in [6, 6.07) is 7.69. The predicted octanol–water partition coefficient (Wildman–Crippen LogP) is 1.13. The number of amides is 3. The Morgan fingerprint density at radius 3 is 2.40 bits per heavy atom. The lowest BCUT2D eigenvalue weighted by Gasteiger charge is -2.31. The Morgan fingerprint density at radius 2 is 1.77 bits per heavy atom. The molecule has 1 aromatic rings. The highest BCUT2D eigenvalue weighted by Crippen LogP contribution is 2.21. The highest BCUT2D eigenvalue weighted by Gasteiger charge is 2.30. The number of piperidine rings is 1. The van der Waals surface area contributed by atoms with Gasteiger partial charge in [-0.25, -0.2) is 0 Å². The summed E-state index contributed by atoms with van der Waals surface area (Å²) in [5.41, 5.74) is 1.61. The number of nitrogens with zero attached hydrogens (tertiary/aromatic N) is 2. The van der Waals surface area contributed by atoms with Crippen LogP contribution >= 0.6 is 0 Å². The van der Waals surface area contributed by atoms with Crippen LogP contribution < -0.4 is 5.32 Å². The second-order valence-corrected chi connectivity index (χ2v) is 8.08. The molecular weight excluding hydrogens is 386 g/mol. The summed E-state index contributed by atoms with van der Waals surface area (Å²) in [6.07, 6.45) is 2.97. The molecule has 0 unspecified atom stereocenters. The van der Waals surface area contributed by atoms with Crippen LogP contribution in [-0.2, 0) is 19.1 Å². The maximum Gasteiger partial charge on any atom is 0.309 e. The zero-order valence-electron chi connectivity index (χ0n) is 17.6. The molecule has 8 nitrogen and oxygen atoms in total. The highest BCUT2D eigenvalue weighted by atomic mass is 16.5. The van der Waals surface area contributed by atoms with E-state index in [1.54, 1.807) is 4.90 Å². The fourth-order valence-electron chi connectivity index (χ4n) is 3.47. The van der Waals surface area contributed by atoms with Gasteiger partial charge in [0.15, 0.2) is 6.61 Å². The molecule has 30 heavy (non-hydrogen) atoms. The lowest BCUT2D eigenvalue weighted by molar-refractivity contribution is -0.156. The first-order valence-corrected chi connectivity index (χ1v) is 10.4. The molecule has 1 N–H and O–H groups in total. The average Bonchev–Trinajstić information content (AvgIpc) is 3.55. The third-order valence-electron chi connectivity index (χ3n) is 5.58. The van der Waals surface area contributed by atoms with E-state index < -0.39 is 11.9 Å². The lowest BCUT2D eigenvalue weighted by Crippen LogP contribution is -2.42. The standard InChI is InChI=1S/C22H29N3O5/c1-15-5-3-4-6-18(15)21(28)25-11-9-16(10-12-25)22(29)30-14-20(27)24(2)13-19(26)23-17-7-8-17/h3-6,16-17H,7-14H2,1-2H3,(H,23,26). The molecule has 2 aliphatic rings. The molecule has 0 aromatic heterocycles. The Hall–Kier alpha value is -2.90. The van der Waals surface area contributed by atoms with Crippen molar-refractivity contribution in [2.45, 2.75) is 38.6 Å². The van der Waals surface area contributed by atoms with Crippen molar-refractivity contribution in [3.05, 3.63) is 35.4 Å². The van der Waals surface area contributed by atoms with Gasteiger partial charge in [-0.05, 0) is 44.2 Å². The van der Waals surface area contributed by atoms with E-state index >= 15 is 0 Å². The molecule has 1 aliphatic carbocycles. The van der Waals surface area contributed by atoms with E-state index in [2.05, 4.69) is 5.32 Å². The van der Waals surface area contributed by atoms with Gasteiger partial charge in [-0.1, -0.05) is 18.2 Å². The number of likely N-dealkylation sites (tertiary alicyclic amines) is 1. The fourth-order valence-corrected chi connectivity index (χ4v) is 3.47. The van der Waals surface area contributed by atoms with Gasteiger partial charge < -0.3 is 19.9 Å². The number of rotatable bonds is 7. The van der Waals surface area contributed by atoms with Crippen LogP contribution in [0.25, 0.3) is 0 Å². The average molecular weight is 415 g/mol. The molecule has 1 aliphatic heterocycles. The Bertz CT molecular complexity index is 813. The molecule has 1 heterocycles. The quantitative estimate of drug-likeness (QED) is 0.674. The van der Waals surface area contributed by atoms with Crippen LogP contribution in [0.5, 0.6) is 0 Å². The van der Waals surface area contributed by atoms with E-state index in [1.807, 2.05) is 31.2 Å². The van der Waals surface area contributed by atoms with Gasteiger partial charge in [0, 0.05) is 31.7 Å². The number of aryl methyl sites for hydroxylation is 1. The van der Waals surface area contributed by atoms with Crippen LogP contribution in [0.4, 0.5) is 0 Å². The van der Waals surface area contributed by atoms with E-state index in [1.165, 1.54) is 11.9 Å². The van der Waals surface area contributed by atoms with E-state index in [0.717, 1.165) is 18.4 Å². The summed E-state index contributed by atoms with van der Waals surface area (Å²) in [6.45, 7) is 2.42. The van der Waals surface area contributed by atoms with Gasteiger partial charge in [0.2, 0.25) is 5.91 Å². The molecule has 1 saturated carbocycles. The normalized spacial score (nSPS) is 16.7. The van der Waals surface area contributed by atoms with Crippen LogP contribution in [0.15, 0.2) is 24.3 Å². The molecule has 0 atom stereocenters. The van der Waals surface area contributed by atoms with Crippen molar-refractivity contribution in [2.75, 3.05) is 33.3 Å². The van der Waals surface area contributed by atoms with Gasteiger partial charge in [0.05, 0.1) is 12.5 Å². The van der Waals surface area contributed by atoms with Crippen molar-refractivity contribution in [1.82, 2.24) is 15.1 Å². The van der Waals surface area contributed by atoms with Crippen molar-refractivity contribution >= 4 is 23.7 Å². The molecule has 162 valence electrons. The first-order valence-electron chi connectivity index (χ1n) is 10.4. The number of ether oxygens (including phenoxy) is 1. The molecule has 2 fully saturated rings. The lowest BCUT2D eigenvalue weighted by atomic mass is 9.96. The number of benzene rings is 1. The maximum atomic E-state index is 12.7. The smallest absolute Gasteiger partial charge is 0.309 e. The summed E-state index contributed by atoms with van der Waals surface area (Å²) in [5.74, 6) is -1.41. The van der Waals surface area contributed by atoms with Crippen LogP contribution in [0, 0.1) is 12.8 Å². The second kappa shape index (κ2) is 9.73. The molecule has 3 amide bonds. The van der Waals surface area contributed by atoms with Crippen LogP contribution in [0.2, 0.25) is 0 Å². The minimum atomic E-state index is -0.429. The van der Waals surface area contributed by atoms with Crippen LogP contribution in [0.1, 0.15) is 41.6 Å². The Labute approximate surface area is 176 Å². The minimum Gasteiger partial charge on any atom is -0.455 e. The third kappa shape index (κ3) is 5.81. The van der Waals surface area contributed by atoms with E-state index in [9.17, 15) is 19.2 Å². The van der Waals surface area contributed by atoms with E-state index in [4.69, 9.17) is 4.74 Å². The molecule has 0 spiro atoms. The van der Waals surface area contributed by atoms with Crippen molar-refractivity contribution in [3.63, 3.8) is 0 Å². The number of carbonyl (C=O) groups excluding carboxylic acids is 4. The van der Waals surface area contributed by atoms with Crippen molar-refractivity contribution in [3.8, 4) is 0 Å². The largest absolute Gasteiger partial charge is 0.455 e. The van der Waals surface area contributed by atoms with Crippen LogP contribution in [-0.4, -0.2) is 72.8 Å². The molecule has 0 radical (unpaired) electrons. The Kier molecular flexibility index (Phi) is 7.07. The van der Waals surface area contributed by atoms with Gasteiger partial charge >= 0.3 is 5.97 Å². The van der Waals surface area contributed by atoms with E-state index in [0.29, 0.717) is 31.5 Å². The van der Waals surface area contributed by atoms with Gasteiger partial charge in [-0.3, -0.25) is 19.2 Å². The second-order valence-electron chi connectivity index (χ2n) is 8.08. The minimum absolute atomic E-state index is 0.0267. The number of hydrogen-bond donors (Lipinski definition) is 1. The Balaban J connectivity index is 1.39. The van der Waals surface area contributed by atoms with Crippen molar-refractivity contribution in [1.29, 1.82) is 0 Å². The first-order chi connectivity index (χ1) is 14.3. The summed E-state index contributed by atoms with van der Waals surface area (Å²) < 4.78 is 5.17. The monoisotopic (exact) mass is 415 g/mol. The summed E-state index contributed by atoms with van der Waals surface area (Å²) in [7, 11) is 1.51. The fraction of sp³-hybridized carbons (Fsp3) is 0.545. The molecule has 1 saturated heterocycles. The van der Waals surface area contributed by atoms with E-state index in [-0.39, 0.29) is 36.9 Å². The molecular formula is C22H29N3O5. The topological polar surface area (TPSA) is 96.0 Å². The number of esters is 1. The van der Waals surface area contributed by atoms with Crippen molar-refractivity contribution < 1.29 is 23.9 Å².